The third-order valence-electron chi connectivity index (χ3n) is 4.50. The molecule has 30 heavy (non-hydrogen) atoms. The standard InChI is InChI=1S/C22H21FN4O2S/c1-3-4-12-29-16-10-8-15(9-11-16)21(28)24-19-13-14(2)26-27(19)22-25-20-17(23)6-5-7-18(20)30-22/h5-11,13H,3-4,12H2,1-2H3,(H,24,28). The number of hydrogen-bond acceptors (Lipinski definition) is 5. The number of unbranched alkanes of at least 4 members (excludes halogenated alkanes) is 1. The lowest BCUT2D eigenvalue weighted by Crippen LogP contribution is -2.15. The third-order valence-corrected chi connectivity index (χ3v) is 5.49. The van der Waals surface area contributed by atoms with Crippen LogP contribution in [-0.4, -0.2) is 27.3 Å². The fourth-order valence-corrected chi connectivity index (χ4v) is 3.90. The Morgan fingerprint density at radius 2 is 2.03 bits per heavy atom. The van der Waals surface area contributed by atoms with Crippen LogP contribution in [0.3, 0.4) is 0 Å². The number of thiazole rings is 1. The quantitative estimate of drug-likeness (QED) is 0.406. The number of carbonyl (C=O) groups is 1. The number of amides is 1. The molecule has 0 radical (unpaired) electrons. The van der Waals surface area contributed by atoms with Crippen LogP contribution in [0.4, 0.5) is 10.2 Å². The largest absolute Gasteiger partial charge is 0.494 e. The molecule has 4 aromatic rings. The summed E-state index contributed by atoms with van der Waals surface area (Å²) >= 11 is 1.31. The number of nitrogens with zero attached hydrogens (tertiary/aromatic N) is 3. The maximum absolute atomic E-state index is 14.0. The molecule has 0 aliphatic rings. The van der Waals surface area contributed by atoms with Crippen molar-refractivity contribution in [2.75, 3.05) is 11.9 Å². The molecule has 8 heteroatoms. The van der Waals surface area contributed by atoms with E-state index in [2.05, 4.69) is 22.3 Å². The summed E-state index contributed by atoms with van der Waals surface area (Å²) < 4.78 is 21.9. The minimum Gasteiger partial charge on any atom is -0.494 e. The first kappa shape index (κ1) is 20.0. The first-order valence-electron chi connectivity index (χ1n) is 9.71. The maximum atomic E-state index is 14.0. The van der Waals surface area contributed by atoms with E-state index in [9.17, 15) is 9.18 Å². The molecule has 1 N–H and O–H groups in total. The van der Waals surface area contributed by atoms with Crippen molar-refractivity contribution in [2.45, 2.75) is 26.7 Å². The van der Waals surface area contributed by atoms with Crippen LogP contribution in [0.25, 0.3) is 15.3 Å². The number of para-hydroxylation sites is 1. The zero-order chi connectivity index (χ0) is 21.1. The molecule has 0 aliphatic heterocycles. The number of aryl methyl sites for hydroxylation is 1. The van der Waals surface area contributed by atoms with Gasteiger partial charge in [-0.1, -0.05) is 30.7 Å². The van der Waals surface area contributed by atoms with E-state index in [1.165, 1.54) is 22.1 Å². The number of nitrogens with one attached hydrogen (secondary N) is 1. The van der Waals surface area contributed by atoms with Gasteiger partial charge in [-0.25, -0.2) is 9.37 Å². The highest BCUT2D eigenvalue weighted by Crippen LogP contribution is 2.29. The van der Waals surface area contributed by atoms with Gasteiger partial charge in [0.25, 0.3) is 5.91 Å². The van der Waals surface area contributed by atoms with E-state index < -0.39 is 0 Å². The van der Waals surface area contributed by atoms with E-state index in [1.54, 1.807) is 42.5 Å². The molecule has 0 fully saturated rings. The molecule has 0 saturated carbocycles. The van der Waals surface area contributed by atoms with Crippen molar-refractivity contribution >= 4 is 33.3 Å². The van der Waals surface area contributed by atoms with E-state index in [0.29, 0.717) is 39.0 Å². The second-order valence-corrected chi connectivity index (χ2v) is 7.86. The molecule has 6 nitrogen and oxygen atoms in total. The van der Waals surface area contributed by atoms with Gasteiger partial charge < -0.3 is 10.1 Å². The lowest BCUT2D eigenvalue weighted by Gasteiger charge is -2.08. The summed E-state index contributed by atoms with van der Waals surface area (Å²) in [4.78, 5) is 17.1. The number of hydrogen-bond donors (Lipinski definition) is 1. The Morgan fingerprint density at radius 3 is 2.77 bits per heavy atom. The molecular formula is C22H21FN4O2S. The minimum absolute atomic E-state index is 0.274. The van der Waals surface area contributed by atoms with Gasteiger partial charge in [0, 0.05) is 11.6 Å². The van der Waals surface area contributed by atoms with Crippen LogP contribution in [0.5, 0.6) is 5.75 Å². The molecule has 0 aliphatic carbocycles. The monoisotopic (exact) mass is 424 g/mol. The van der Waals surface area contributed by atoms with Crippen molar-refractivity contribution in [1.82, 2.24) is 14.8 Å². The Bertz CT molecular complexity index is 1180. The Hall–Kier alpha value is -3.26. The van der Waals surface area contributed by atoms with Gasteiger partial charge in [-0.3, -0.25) is 4.79 Å². The van der Waals surface area contributed by atoms with Gasteiger partial charge >= 0.3 is 0 Å². The average molecular weight is 425 g/mol. The van der Waals surface area contributed by atoms with Crippen LogP contribution in [-0.2, 0) is 0 Å². The second kappa shape index (κ2) is 8.62. The second-order valence-electron chi connectivity index (χ2n) is 6.85. The van der Waals surface area contributed by atoms with Crippen LogP contribution in [0.2, 0.25) is 0 Å². The Balaban J connectivity index is 1.55. The third kappa shape index (κ3) is 4.18. The Labute approximate surface area is 177 Å². The van der Waals surface area contributed by atoms with Gasteiger partial charge in [-0.15, -0.1) is 0 Å². The number of ether oxygens (including phenoxy) is 1. The van der Waals surface area contributed by atoms with Gasteiger partial charge in [-0.2, -0.15) is 9.78 Å². The van der Waals surface area contributed by atoms with Crippen LogP contribution >= 0.6 is 11.3 Å². The lowest BCUT2D eigenvalue weighted by molar-refractivity contribution is 0.102. The Morgan fingerprint density at radius 1 is 1.23 bits per heavy atom. The number of anilines is 1. The van der Waals surface area contributed by atoms with Gasteiger partial charge in [0.15, 0.2) is 0 Å². The average Bonchev–Trinajstić information content (AvgIpc) is 3.33. The molecule has 2 aromatic carbocycles. The normalized spacial score (nSPS) is 11.0. The van der Waals surface area contributed by atoms with Crippen LogP contribution < -0.4 is 10.1 Å². The van der Waals surface area contributed by atoms with Crippen molar-refractivity contribution in [3.05, 3.63) is 65.6 Å². The highest BCUT2D eigenvalue weighted by molar-refractivity contribution is 7.20. The first-order valence-corrected chi connectivity index (χ1v) is 10.5. The summed E-state index contributed by atoms with van der Waals surface area (Å²) in [5.41, 5.74) is 1.50. The maximum Gasteiger partial charge on any atom is 0.256 e. The van der Waals surface area contributed by atoms with E-state index in [1.807, 2.05) is 6.92 Å². The molecule has 0 atom stereocenters. The van der Waals surface area contributed by atoms with Crippen LogP contribution in [0.15, 0.2) is 48.5 Å². The van der Waals surface area contributed by atoms with E-state index >= 15 is 0 Å². The van der Waals surface area contributed by atoms with Crippen molar-refractivity contribution in [3.63, 3.8) is 0 Å². The molecule has 154 valence electrons. The Kier molecular flexibility index (Phi) is 5.76. The highest BCUT2D eigenvalue weighted by atomic mass is 32.1. The number of fused-ring (bicyclic) bond motifs is 1. The predicted molar refractivity (Wildman–Crippen MR) is 116 cm³/mol. The summed E-state index contributed by atoms with van der Waals surface area (Å²) in [6.07, 6.45) is 2.05. The number of aromatic nitrogens is 3. The first-order chi connectivity index (χ1) is 14.5. The van der Waals surface area contributed by atoms with Crippen molar-refractivity contribution < 1.29 is 13.9 Å². The molecule has 2 aromatic heterocycles. The van der Waals surface area contributed by atoms with Crippen LogP contribution in [0, 0.1) is 12.7 Å². The molecule has 2 heterocycles. The molecule has 0 unspecified atom stereocenters. The van der Waals surface area contributed by atoms with Crippen molar-refractivity contribution in [2.24, 2.45) is 0 Å². The number of carbonyl (C=O) groups excluding carboxylic acids is 1. The highest BCUT2D eigenvalue weighted by Gasteiger charge is 2.16. The van der Waals surface area contributed by atoms with Gasteiger partial charge in [-0.05, 0) is 49.7 Å². The summed E-state index contributed by atoms with van der Waals surface area (Å²) in [7, 11) is 0. The fraction of sp³-hybridized carbons (Fsp3) is 0.227. The molecule has 0 saturated heterocycles. The zero-order valence-electron chi connectivity index (χ0n) is 16.7. The SMILES string of the molecule is CCCCOc1ccc(C(=O)Nc2cc(C)nn2-c2nc3c(F)cccc3s2)cc1. The van der Waals surface area contributed by atoms with Gasteiger partial charge in [0.05, 0.1) is 17.0 Å². The fourth-order valence-electron chi connectivity index (χ4n) is 2.95. The molecule has 0 spiro atoms. The van der Waals surface area contributed by atoms with Gasteiger partial charge in [0.1, 0.15) is 22.9 Å². The topological polar surface area (TPSA) is 69.0 Å². The van der Waals surface area contributed by atoms with Crippen molar-refractivity contribution in [3.8, 4) is 10.9 Å². The number of benzene rings is 2. The summed E-state index contributed by atoms with van der Waals surface area (Å²) in [6.45, 7) is 4.58. The zero-order valence-corrected chi connectivity index (χ0v) is 17.5. The lowest BCUT2D eigenvalue weighted by atomic mass is 10.2. The van der Waals surface area contributed by atoms with Crippen LogP contribution in [0.1, 0.15) is 35.8 Å². The molecule has 0 bridgehead atoms. The molecular weight excluding hydrogens is 403 g/mol. The molecule has 1 amide bonds. The predicted octanol–water partition coefficient (Wildman–Crippen LogP) is 5.36. The number of halogens is 1. The van der Waals surface area contributed by atoms with E-state index in [-0.39, 0.29) is 11.7 Å². The summed E-state index contributed by atoms with van der Waals surface area (Å²) in [5.74, 6) is 0.548. The van der Waals surface area contributed by atoms with E-state index in [4.69, 9.17) is 4.74 Å². The van der Waals surface area contributed by atoms with Crippen molar-refractivity contribution in [1.29, 1.82) is 0 Å². The minimum atomic E-state index is -0.384. The summed E-state index contributed by atoms with van der Waals surface area (Å²) in [5, 5.41) is 7.77. The van der Waals surface area contributed by atoms with E-state index in [0.717, 1.165) is 18.6 Å². The van der Waals surface area contributed by atoms with Gasteiger partial charge in [0.2, 0.25) is 5.13 Å². The summed E-state index contributed by atoms with van der Waals surface area (Å²) in [6, 6.07) is 13.6. The smallest absolute Gasteiger partial charge is 0.256 e. The molecule has 4 rings (SSSR count). The number of rotatable bonds is 7.